The van der Waals surface area contributed by atoms with E-state index in [2.05, 4.69) is 0 Å². The molecule has 0 aromatic heterocycles. The van der Waals surface area contributed by atoms with Crippen LogP contribution in [0.2, 0.25) is 0 Å². The van der Waals surface area contributed by atoms with Gasteiger partial charge in [0.25, 0.3) is 5.69 Å². The molecule has 0 amide bonds. The van der Waals surface area contributed by atoms with E-state index in [9.17, 15) is 23.3 Å². The van der Waals surface area contributed by atoms with Crippen molar-refractivity contribution < 1.29 is 18.1 Å². The maximum absolute atomic E-state index is 12.7. The normalized spacial score (nSPS) is 16.8. The van der Waals surface area contributed by atoms with Crippen LogP contribution in [0, 0.1) is 10.1 Å². The molecule has 0 bridgehead atoms. The minimum absolute atomic E-state index is 0.147. The minimum atomic E-state index is -4.58. The van der Waals surface area contributed by atoms with Crippen molar-refractivity contribution in [3.8, 4) is 0 Å². The molecular weight excluding hydrogens is 285 g/mol. The molecule has 0 heterocycles. The van der Waals surface area contributed by atoms with Crippen molar-refractivity contribution in [3.05, 3.63) is 33.9 Å². The molecule has 0 aliphatic heterocycles. The maximum atomic E-state index is 12.7. The van der Waals surface area contributed by atoms with Gasteiger partial charge in [-0.2, -0.15) is 13.2 Å². The lowest BCUT2D eigenvalue weighted by molar-refractivity contribution is -0.384. The molecule has 1 fully saturated rings. The summed E-state index contributed by atoms with van der Waals surface area (Å²) < 4.78 is 38.0. The van der Waals surface area contributed by atoms with Gasteiger partial charge in [-0.15, -0.1) is 0 Å². The smallest absolute Gasteiger partial charge is 0.366 e. The molecule has 0 spiro atoms. The van der Waals surface area contributed by atoms with Crippen LogP contribution in [0.4, 0.5) is 24.5 Å². The van der Waals surface area contributed by atoms with Crippen LogP contribution in [0.25, 0.3) is 0 Å². The summed E-state index contributed by atoms with van der Waals surface area (Å²) in [5.74, 6) is 0. The summed E-state index contributed by atoms with van der Waals surface area (Å²) in [6.45, 7) is 0. The highest BCUT2D eigenvalue weighted by Gasteiger charge is 2.34. The van der Waals surface area contributed by atoms with Crippen LogP contribution in [-0.4, -0.2) is 18.0 Å². The van der Waals surface area contributed by atoms with Gasteiger partial charge in [0.15, 0.2) is 0 Å². The Morgan fingerprint density at radius 2 is 1.86 bits per heavy atom. The minimum Gasteiger partial charge on any atom is -0.366 e. The Hall–Kier alpha value is -1.79. The van der Waals surface area contributed by atoms with Crippen molar-refractivity contribution in [2.24, 2.45) is 0 Å². The predicted octanol–water partition coefficient (Wildman–Crippen LogP) is 4.38. The number of nitrogens with zero attached hydrogens (tertiary/aromatic N) is 2. The number of nitro groups is 1. The SMILES string of the molecule is CN(c1ccc(C(F)(F)F)cc1[N+](=O)[O-])C1CCCCC1. The second-order valence-corrected chi connectivity index (χ2v) is 5.36. The lowest BCUT2D eigenvalue weighted by atomic mass is 9.94. The first-order valence-corrected chi connectivity index (χ1v) is 6.89. The number of halogens is 3. The summed E-state index contributed by atoms with van der Waals surface area (Å²) in [5.41, 5.74) is -1.23. The van der Waals surface area contributed by atoms with Crippen molar-refractivity contribution in [3.63, 3.8) is 0 Å². The molecule has 21 heavy (non-hydrogen) atoms. The molecule has 7 heteroatoms. The Balaban J connectivity index is 2.36. The molecule has 116 valence electrons. The Labute approximate surface area is 120 Å². The van der Waals surface area contributed by atoms with Gasteiger partial charge in [-0.1, -0.05) is 19.3 Å². The van der Waals surface area contributed by atoms with Gasteiger partial charge in [-0.25, -0.2) is 0 Å². The summed E-state index contributed by atoms with van der Waals surface area (Å²) in [6, 6.07) is 2.88. The van der Waals surface area contributed by atoms with Crippen LogP contribution >= 0.6 is 0 Å². The Morgan fingerprint density at radius 1 is 1.24 bits per heavy atom. The van der Waals surface area contributed by atoms with Gasteiger partial charge in [-0.05, 0) is 25.0 Å². The standard InChI is InChI=1S/C14H17F3N2O2/c1-18(11-5-3-2-4-6-11)12-8-7-10(14(15,16)17)9-13(12)19(20)21/h7-9,11H,2-6H2,1H3. The number of anilines is 1. The van der Waals surface area contributed by atoms with E-state index in [4.69, 9.17) is 0 Å². The third-order valence-corrected chi connectivity index (χ3v) is 4.00. The summed E-state index contributed by atoms with van der Waals surface area (Å²) >= 11 is 0. The van der Waals surface area contributed by atoms with Gasteiger partial charge in [0.05, 0.1) is 10.5 Å². The summed E-state index contributed by atoms with van der Waals surface area (Å²) in [7, 11) is 1.71. The van der Waals surface area contributed by atoms with Gasteiger partial charge in [0.1, 0.15) is 5.69 Å². The van der Waals surface area contributed by atoms with Crippen LogP contribution in [0.5, 0.6) is 0 Å². The summed E-state index contributed by atoms with van der Waals surface area (Å²) in [6.07, 6.45) is 0.475. The highest BCUT2D eigenvalue weighted by molar-refractivity contribution is 5.64. The quantitative estimate of drug-likeness (QED) is 0.615. The highest BCUT2D eigenvalue weighted by atomic mass is 19.4. The molecule has 1 aliphatic carbocycles. The Bertz CT molecular complexity index is 525. The predicted molar refractivity (Wildman–Crippen MR) is 73.4 cm³/mol. The van der Waals surface area contributed by atoms with Crippen molar-refractivity contribution in [2.45, 2.75) is 44.3 Å². The molecule has 1 aromatic carbocycles. The average molecular weight is 302 g/mol. The van der Waals surface area contributed by atoms with E-state index in [0.29, 0.717) is 6.07 Å². The summed E-state index contributed by atoms with van der Waals surface area (Å²) in [5, 5.41) is 11.1. The number of hydrogen-bond donors (Lipinski definition) is 0. The molecule has 1 saturated carbocycles. The number of alkyl halides is 3. The van der Waals surface area contributed by atoms with E-state index in [0.717, 1.165) is 38.2 Å². The number of hydrogen-bond acceptors (Lipinski definition) is 3. The molecule has 0 atom stereocenters. The lowest BCUT2D eigenvalue weighted by Crippen LogP contribution is -2.33. The van der Waals surface area contributed by atoms with Gasteiger partial charge >= 0.3 is 6.18 Å². The van der Waals surface area contributed by atoms with Crippen molar-refractivity contribution in [1.82, 2.24) is 0 Å². The first-order chi connectivity index (χ1) is 9.80. The van der Waals surface area contributed by atoms with E-state index in [-0.39, 0.29) is 11.7 Å². The second-order valence-electron chi connectivity index (χ2n) is 5.36. The van der Waals surface area contributed by atoms with Crippen LogP contribution in [0.1, 0.15) is 37.7 Å². The monoisotopic (exact) mass is 302 g/mol. The average Bonchev–Trinajstić information content (AvgIpc) is 2.45. The molecule has 1 aromatic rings. The molecule has 0 N–H and O–H groups in total. The van der Waals surface area contributed by atoms with Gasteiger partial charge in [0.2, 0.25) is 0 Å². The number of rotatable bonds is 3. The first-order valence-electron chi connectivity index (χ1n) is 6.89. The van der Waals surface area contributed by atoms with E-state index in [1.54, 1.807) is 11.9 Å². The molecular formula is C14H17F3N2O2. The van der Waals surface area contributed by atoms with Crippen LogP contribution < -0.4 is 4.90 Å². The number of benzene rings is 1. The molecule has 1 aliphatic rings. The van der Waals surface area contributed by atoms with Crippen molar-refractivity contribution in [1.29, 1.82) is 0 Å². The zero-order valence-electron chi connectivity index (χ0n) is 11.7. The first kappa shape index (κ1) is 15.6. The van der Waals surface area contributed by atoms with Gasteiger partial charge in [0, 0.05) is 19.2 Å². The van der Waals surface area contributed by atoms with E-state index >= 15 is 0 Å². The Morgan fingerprint density at radius 3 is 2.38 bits per heavy atom. The molecule has 0 unspecified atom stereocenters. The molecule has 0 saturated heterocycles. The fraction of sp³-hybridized carbons (Fsp3) is 0.571. The fourth-order valence-corrected chi connectivity index (χ4v) is 2.81. The van der Waals surface area contributed by atoms with Crippen LogP contribution in [-0.2, 0) is 6.18 Å². The zero-order chi connectivity index (χ0) is 15.6. The third kappa shape index (κ3) is 3.46. The zero-order valence-corrected chi connectivity index (χ0v) is 11.7. The van der Waals surface area contributed by atoms with E-state index < -0.39 is 22.4 Å². The molecule has 2 rings (SSSR count). The van der Waals surface area contributed by atoms with Crippen molar-refractivity contribution >= 4 is 11.4 Å². The Kier molecular flexibility index (Phi) is 4.39. The van der Waals surface area contributed by atoms with Gasteiger partial charge < -0.3 is 4.90 Å². The second kappa shape index (κ2) is 5.91. The van der Waals surface area contributed by atoms with E-state index in [1.807, 2.05) is 0 Å². The molecule has 4 nitrogen and oxygen atoms in total. The third-order valence-electron chi connectivity index (χ3n) is 4.00. The van der Waals surface area contributed by atoms with Crippen molar-refractivity contribution in [2.75, 3.05) is 11.9 Å². The van der Waals surface area contributed by atoms with E-state index in [1.165, 1.54) is 6.07 Å². The highest BCUT2D eigenvalue weighted by Crippen LogP contribution is 2.37. The number of nitro benzene ring substituents is 1. The van der Waals surface area contributed by atoms with Crippen LogP contribution in [0.15, 0.2) is 18.2 Å². The summed E-state index contributed by atoms with van der Waals surface area (Å²) in [4.78, 5) is 12.1. The van der Waals surface area contributed by atoms with Gasteiger partial charge in [-0.3, -0.25) is 10.1 Å². The topological polar surface area (TPSA) is 46.4 Å². The lowest BCUT2D eigenvalue weighted by Gasteiger charge is -2.32. The largest absolute Gasteiger partial charge is 0.416 e. The maximum Gasteiger partial charge on any atom is 0.416 e. The van der Waals surface area contributed by atoms with Crippen LogP contribution in [0.3, 0.4) is 0 Å². The fourth-order valence-electron chi connectivity index (χ4n) is 2.81. The molecule has 0 radical (unpaired) electrons.